The van der Waals surface area contributed by atoms with E-state index in [1.807, 2.05) is 36.4 Å². The fraction of sp³-hybridized carbons (Fsp3) is 0.200. The Morgan fingerprint density at radius 2 is 1.96 bits per heavy atom. The van der Waals surface area contributed by atoms with Crippen LogP contribution in [-0.2, 0) is 0 Å². The molecule has 0 aliphatic carbocycles. The highest BCUT2D eigenvalue weighted by molar-refractivity contribution is 6.31. The highest BCUT2D eigenvalue weighted by Crippen LogP contribution is 2.27. The summed E-state index contributed by atoms with van der Waals surface area (Å²) in [6.07, 6.45) is 1.45. The van der Waals surface area contributed by atoms with Crippen molar-refractivity contribution in [2.24, 2.45) is 0 Å². The summed E-state index contributed by atoms with van der Waals surface area (Å²) in [4.78, 5) is 4.61. The van der Waals surface area contributed by atoms with Crippen LogP contribution in [0.4, 0.5) is 5.82 Å². The largest absolute Gasteiger partial charge is 0.396 e. The number of anilines is 1. The minimum absolute atomic E-state index is 0.0112. The summed E-state index contributed by atoms with van der Waals surface area (Å²) in [6, 6.07) is 19.3. The number of aliphatic hydroxyl groups excluding tert-OH is 1. The molecule has 3 aromatic rings. The fourth-order valence-electron chi connectivity index (χ4n) is 2.85. The normalized spacial score (nSPS) is 11.9. The predicted octanol–water partition coefficient (Wildman–Crippen LogP) is 4.69. The summed E-state index contributed by atoms with van der Waals surface area (Å²) in [6.45, 7) is 0.137. The van der Waals surface area contributed by atoms with Crippen LogP contribution in [0.15, 0.2) is 54.6 Å². The number of aliphatic hydroxyl groups is 1. The van der Waals surface area contributed by atoms with Gasteiger partial charge >= 0.3 is 0 Å². The molecule has 0 radical (unpaired) electrons. The third kappa shape index (κ3) is 4.08. The van der Waals surface area contributed by atoms with Crippen LogP contribution < -0.4 is 5.32 Å². The molecule has 0 saturated heterocycles. The Labute approximate surface area is 151 Å². The lowest BCUT2D eigenvalue weighted by Gasteiger charge is -2.20. The molecule has 25 heavy (non-hydrogen) atoms. The van der Waals surface area contributed by atoms with Crippen molar-refractivity contribution in [2.75, 3.05) is 11.9 Å². The van der Waals surface area contributed by atoms with Gasteiger partial charge in [-0.3, -0.25) is 0 Å². The molecule has 0 bridgehead atoms. The van der Waals surface area contributed by atoms with Crippen molar-refractivity contribution in [1.29, 1.82) is 5.26 Å². The van der Waals surface area contributed by atoms with Gasteiger partial charge in [-0.15, -0.1) is 0 Å². The average Bonchev–Trinajstić information content (AvgIpc) is 2.65. The molecule has 0 fully saturated rings. The van der Waals surface area contributed by atoms with Crippen molar-refractivity contribution in [3.05, 3.63) is 70.7 Å². The number of benzene rings is 2. The van der Waals surface area contributed by atoms with Crippen molar-refractivity contribution in [3.8, 4) is 6.07 Å². The van der Waals surface area contributed by atoms with Crippen LogP contribution in [0.2, 0.25) is 5.02 Å². The van der Waals surface area contributed by atoms with Crippen LogP contribution >= 0.6 is 11.6 Å². The van der Waals surface area contributed by atoms with Gasteiger partial charge in [-0.25, -0.2) is 4.98 Å². The number of nitriles is 1. The quantitative estimate of drug-likeness (QED) is 0.676. The van der Waals surface area contributed by atoms with Gasteiger partial charge in [-0.2, -0.15) is 5.26 Å². The first kappa shape index (κ1) is 17.2. The third-order valence-corrected chi connectivity index (χ3v) is 4.30. The van der Waals surface area contributed by atoms with Gasteiger partial charge in [0.05, 0.1) is 23.2 Å². The van der Waals surface area contributed by atoms with Crippen LogP contribution in [0.25, 0.3) is 10.9 Å². The molecule has 2 aromatic carbocycles. The lowest BCUT2D eigenvalue weighted by atomic mass is 10.0. The summed E-state index contributed by atoms with van der Waals surface area (Å²) >= 11 is 6.03. The van der Waals surface area contributed by atoms with E-state index < -0.39 is 0 Å². The Bertz CT molecular complexity index is 906. The van der Waals surface area contributed by atoms with Crippen LogP contribution in [0.1, 0.15) is 30.0 Å². The van der Waals surface area contributed by atoms with E-state index in [0.717, 1.165) is 22.9 Å². The molecule has 0 spiro atoms. The number of nitrogens with zero attached hydrogens (tertiary/aromatic N) is 2. The van der Waals surface area contributed by atoms with Crippen molar-refractivity contribution in [1.82, 2.24) is 4.98 Å². The van der Waals surface area contributed by atoms with Crippen molar-refractivity contribution < 1.29 is 5.11 Å². The second-order valence-corrected chi connectivity index (χ2v) is 6.24. The van der Waals surface area contributed by atoms with Crippen molar-refractivity contribution in [3.63, 3.8) is 0 Å². The number of rotatable bonds is 6. The van der Waals surface area contributed by atoms with E-state index in [-0.39, 0.29) is 12.6 Å². The van der Waals surface area contributed by atoms with Gasteiger partial charge in [0.25, 0.3) is 0 Å². The first-order chi connectivity index (χ1) is 12.2. The zero-order valence-electron chi connectivity index (χ0n) is 13.6. The molecule has 1 aromatic heterocycles. The van der Waals surface area contributed by atoms with Crippen LogP contribution in [0, 0.1) is 11.3 Å². The van der Waals surface area contributed by atoms with E-state index >= 15 is 0 Å². The number of hydrogen-bond acceptors (Lipinski definition) is 4. The molecule has 0 saturated carbocycles. The number of pyridine rings is 1. The molecule has 1 atom stereocenters. The zero-order chi connectivity index (χ0) is 17.6. The predicted molar refractivity (Wildman–Crippen MR) is 101 cm³/mol. The Morgan fingerprint density at radius 1 is 1.16 bits per heavy atom. The van der Waals surface area contributed by atoms with E-state index in [4.69, 9.17) is 11.6 Å². The standard InChI is InChI=1S/C20H18ClN3O/c21-16-8-9-19-17(12-16)15(13-22)11-20(24-19)23-18(7-4-10-25)14-5-2-1-3-6-14/h1-3,5-6,8-9,11-12,18,25H,4,7,10H2,(H,23,24). The van der Waals surface area contributed by atoms with E-state index in [0.29, 0.717) is 22.8 Å². The topological polar surface area (TPSA) is 68.9 Å². The van der Waals surface area contributed by atoms with Gasteiger partial charge in [0, 0.05) is 17.0 Å². The number of nitrogens with one attached hydrogen (secondary N) is 1. The molecular formula is C20H18ClN3O. The lowest BCUT2D eigenvalue weighted by Crippen LogP contribution is -2.12. The molecule has 0 aliphatic heterocycles. The number of aromatic nitrogens is 1. The van der Waals surface area contributed by atoms with Crippen LogP contribution in [0.5, 0.6) is 0 Å². The smallest absolute Gasteiger partial charge is 0.128 e. The number of hydrogen-bond donors (Lipinski definition) is 2. The molecule has 3 rings (SSSR count). The minimum atomic E-state index is 0.0112. The second kappa shape index (κ2) is 7.98. The SMILES string of the molecule is N#Cc1cc(NC(CCCO)c2ccccc2)nc2ccc(Cl)cc12. The average molecular weight is 352 g/mol. The third-order valence-electron chi connectivity index (χ3n) is 4.07. The first-order valence-electron chi connectivity index (χ1n) is 8.14. The fourth-order valence-corrected chi connectivity index (χ4v) is 3.02. The zero-order valence-corrected chi connectivity index (χ0v) is 14.4. The molecule has 1 unspecified atom stereocenters. The summed E-state index contributed by atoms with van der Waals surface area (Å²) in [5.41, 5.74) is 2.37. The molecule has 2 N–H and O–H groups in total. The van der Waals surface area contributed by atoms with E-state index in [2.05, 4.69) is 16.4 Å². The van der Waals surface area contributed by atoms with E-state index in [1.54, 1.807) is 18.2 Å². The van der Waals surface area contributed by atoms with Gasteiger partial charge in [0.1, 0.15) is 5.82 Å². The first-order valence-corrected chi connectivity index (χ1v) is 8.52. The summed E-state index contributed by atoms with van der Waals surface area (Å²) < 4.78 is 0. The van der Waals surface area contributed by atoms with Crippen LogP contribution in [0.3, 0.4) is 0 Å². The maximum absolute atomic E-state index is 9.46. The van der Waals surface area contributed by atoms with Gasteiger partial charge in [0.15, 0.2) is 0 Å². The highest BCUT2D eigenvalue weighted by atomic mass is 35.5. The summed E-state index contributed by atoms with van der Waals surface area (Å²) in [5, 5.41) is 23.4. The molecule has 0 aliphatic rings. The maximum atomic E-state index is 9.46. The lowest BCUT2D eigenvalue weighted by molar-refractivity contribution is 0.281. The maximum Gasteiger partial charge on any atom is 0.128 e. The molecular weight excluding hydrogens is 334 g/mol. The van der Waals surface area contributed by atoms with Gasteiger partial charge in [0.2, 0.25) is 0 Å². The second-order valence-electron chi connectivity index (χ2n) is 5.80. The minimum Gasteiger partial charge on any atom is -0.396 e. The van der Waals surface area contributed by atoms with E-state index in [1.165, 1.54) is 0 Å². The molecule has 4 nitrogen and oxygen atoms in total. The molecule has 5 heteroatoms. The molecule has 126 valence electrons. The summed E-state index contributed by atoms with van der Waals surface area (Å²) in [5.74, 6) is 0.637. The van der Waals surface area contributed by atoms with Crippen molar-refractivity contribution in [2.45, 2.75) is 18.9 Å². The highest BCUT2D eigenvalue weighted by Gasteiger charge is 2.13. The number of halogens is 1. The summed E-state index contributed by atoms with van der Waals surface area (Å²) in [7, 11) is 0. The Hall–Kier alpha value is -2.61. The Kier molecular flexibility index (Phi) is 5.49. The van der Waals surface area contributed by atoms with Crippen molar-refractivity contribution >= 4 is 28.3 Å². The van der Waals surface area contributed by atoms with Crippen LogP contribution in [-0.4, -0.2) is 16.7 Å². The molecule has 0 amide bonds. The molecule has 1 heterocycles. The van der Waals surface area contributed by atoms with Gasteiger partial charge in [-0.1, -0.05) is 41.9 Å². The van der Waals surface area contributed by atoms with Gasteiger partial charge in [-0.05, 0) is 42.7 Å². The Morgan fingerprint density at radius 3 is 2.68 bits per heavy atom. The Balaban J connectivity index is 1.97. The van der Waals surface area contributed by atoms with Gasteiger partial charge < -0.3 is 10.4 Å². The monoisotopic (exact) mass is 351 g/mol. The number of fused-ring (bicyclic) bond motifs is 1. The van der Waals surface area contributed by atoms with E-state index in [9.17, 15) is 10.4 Å².